The van der Waals surface area contributed by atoms with Crippen LogP contribution in [0.15, 0.2) is 0 Å². The number of thioether (sulfide) groups is 1. The summed E-state index contributed by atoms with van der Waals surface area (Å²) in [5.41, 5.74) is 6.06. The van der Waals surface area contributed by atoms with Crippen LogP contribution in [0.2, 0.25) is 0 Å². The standard InChI is InChI=1S/C7H15N.C4H7NO3.C3H8S/c1-7(8)5-3-2-4-6-7;1-8-4(7)2-5-3-6;1-3-4-2/h2-6,8H2,1H3;3H,2H2,1H3,(H,5,6);3H2,1-2H3. The molecule has 0 heterocycles. The Labute approximate surface area is 127 Å². The maximum Gasteiger partial charge on any atom is 0.325 e. The summed E-state index contributed by atoms with van der Waals surface area (Å²) in [6.07, 6.45) is 9.07. The van der Waals surface area contributed by atoms with E-state index in [0.29, 0.717) is 6.41 Å². The van der Waals surface area contributed by atoms with Gasteiger partial charge in [0, 0.05) is 5.54 Å². The molecule has 1 rings (SSSR count). The van der Waals surface area contributed by atoms with Crippen LogP contribution in [0, 0.1) is 0 Å². The Bertz CT molecular complexity index is 239. The van der Waals surface area contributed by atoms with Gasteiger partial charge in [-0.15, -0.1) is 0 Å². The van der Waals surface area contributed by atoms with E-state index in [4.69, 9.17) is 5.73 Å². The third-order valence-corrected chi connectivity index (χ3v) is 3.42. The van der Waals surface area contributed by atoms with E-state index in [1.54, 1.807) is 0 Å². The average Bonchev–Trinajstić information content (AvgIpc) is 2.45. The van der Waals surface area contributed by atoms with Crippen LogP contribution < -0.4 is 11.1 Å². The fraction of sp³-hybridized carbons (Fsp3) is 0.857. The molecule has 0 aromatic rings. The number of nitrogens with two attached hydrogens (primary N) is 1. The van der Waals surface area contributed by atoms with Crippen LogP contribution in [-0.4, -0.2) is 43.6 Å². The van der Waals surface area contributed by atoms with Gasteiger partial charge in [0.15, 0.2) is 0 Å². The lowest BCUT2D eigenvalue weighted by Crippen LogP contribution is -2.37. The predicted octanol–water partition coefficient (Wildman–Crippen LogP) is 1.94. The van der Waals surface area contributed by atoms with Gasteiger partial charge in [0.25, 0.3) is 0 Å². The minimum atomic E-state index is -0.447. The largest absolute Gasteiger partial charge is 0.468 e. The molecule has 1 amide bonds. The highest BCUT2D eigenvalue weighted by Gasteiger charge is 2.20. The summed E-state index contributed by atoms with van der Waals surface area (Å²) in [5, 5.41) is 2.14. The van der Waals surface area contributed by atoms with Crippen LogP contribution in [0.25, 0.3) is 0 Å². The van der Waals surface area contributed by atoms with Crippen LogP contribution in [0.5, 0.6) is 0 Å². The van der Waals surface area contributed by atoms with Gasteiger partial charge in [-0.2, -0.15) is 11.8 Å². The Morgan fingerprint density at radius 3 is 2.15 bits per heavy atom. The van der Waals surface area contributed by atoms with Gasteiger partial charge in [0.05, 0.1) is 7.11 Å². The molecule has 0 aromatic carbocycles. The number of rotatable bonds is 4. The maximum absolute atomic E-state index is 10.1. The Morgan fingerprint density at radius 1 is 1.40 bits per heavy atom. The molecule has 0 bridgehead atoms. The molecule has 0 saturated heterocycles. The van der Waals surface area contributed by atoms with E-state index in [0.717, 1.165) is 0 Å². The maximum atomic E-state index is 10.1. The first-order valence-corrected chi connectivity index (χ1v) is 8.34. The zero-order valence-electron chi connectivity index (χ0n) is 13.2. The van der Waals surface area contributed by atoms with Gasteiger partial charge in [-0.1, -0.05) is 26.2 Å². The fourth-order valence-corrected chi connectivity index (χ4v) is 1.56. The topological polar surface area (TPSA) is 81.4 Å². The quantitative estimate of drug-likeness (QED) is 0.613. The van der Waals surface area contributed by atoms with Crippen molar-refractivity contribution < 1.29 is 14.3 Å². The average molecular weight is 306 g/mol. The summed E-state index contributed by atoms with van der Waals surface area (Å²) in [5.74, 6) is 0.789. The SMILES string of the molecule is CC1(N)CCCCC1.CCSC.COC(=O)CNC=O. The summed E-state index contributed by atoms with van der Waals surface area (Å²) >= 11 is 1.86. The summed E-state index contributed by atoms with van der Waals surface area (Å²) in [6, 6.07) is 0. The molecular weight excluding hydrogens is 276 g/mol. The highest BCUT2D eigenvalue weighted by Crippen LogP contribution is 2.24. The molecule has 0 aliphatic heterocycles. The first-order chi connectivity index (χ1) is 9.43. The minimum Gasteiger partial charge on any atom is -0.468 e. The van der Waals surface area contributed by atoms with Gasteiger partial charge in [-0.05, 0) is 31.8 Å². The summed E-state index contributed by atoms with van der Waals surface area (Å²) < 4.78 is 4.19. The Morgan fingerprint density at radius 2 is 1.90 bits per heavy atom. The lowest BCUT2D eigenvalue weighted by Gasteiger charge is -2.28. The molecule has 1 aliphatic carbocycles. The fourth-order valence-electron chi connectivity index (χ4n) is 1.56. The second-order valence-electron chi connectivity index (χ2n) is 4.87. The van der Waals surface area contributed by atoms with Crippen molar-refractivity contribution in [3.8, 4) is 0 Å². The third-order valence-electron chi connectivity index (χ3n) is 2.84. The molecule has 0 atom stereocenters. The molecule has 0 unspecified atom stereocenters. The van der Waals surface area contributed by atoms with Gasteiger partial charge in [-0.25, -0.2) is 0 Å². The number of ether oxygens (including phenoxy) is 1. The molecule has 5 nitrogen and oxygen atoms in total. The summed E-state index contributed by atoms with van der Waals surface area (Å²) in [6.45, 7) is 4.25. The molecule has 0 spiro atoms. The number of nitrogens with one attached hydrogen (secondary N) is 1. The third kappa shape index (κ3) is 17.2. The zero-order valence-corrected chi connectivity index (χ0v) is 14.1. The molecule has 1 aliphatic rings. The van der Waals surface area contributed by atoms with Crippen molar-refractivity contribution in [3.05, 3.63) is 0 Å². The van der Waals surface area contributed by atoms with Crippen molar-refractivity contribution in [1.82, 2.24) is 5.32 Å². The number of hydrogen-bond acceptors (Lipinski definition) is 5. The summed E-state index contributed by atoms with van der Waals surface area (Å²) in [7, 11) is 1.26. The molecular formula is C14H30N2O3S. The smallest absolute Gasteiger partial charge is 0.325 e. The van der Waals surface area contributed by atoms with Crippen molar-refractivity contribution in [2.75, 3.05) is 25.7 Å². The van der Waals surface area contributed by atoms with E-state index in [-0.39, 0.29) is 12.1 Å². The van der Waals surface area contributed by atoms with Gasteiger partial charge < -0.3 is 15.8 Å². The highest BCUT2D eigenvalue weighted by molar-refractivity contribution is 7.98. The second kappa shape index (κ2) is 14.7. The van der Waals surface area contributed by atoms with E-state index < -0.39 is 5.97 Å². The number of esters is 1. The van der Waals surface area contributed by atoms with Crippen LogP contribution in [0.1, 0.15) is 46.0 Å². The molecule has 120 valence electrons. The number of amides is 1. The van der Waals surface area contributed by atoms with E-state index in [1.807, 2.05) is 11.8 Å². The summed E-state index contributed by atoms with van der Waals surface area (Å²) in [4.78, 5) is 19.6. The van der Waals surface area contributed by atoms with Gasteiger partial charge in [-0.3, -0.25) is 9.59 Å². The molecule has 0 radical (unpaired) electrons. The van der Waals surface area contributed by atoms with Crippen molar-refractivity contribution in [1.29, 1.82) is 0 Å². The van der Waals surface area contributed by atoms with E-state index in [9.17, 15) is 9.59 Å². The molecule has 0 aromatic heterocycles. The first-order valence-electron chi connectivity index (χ1n) is 6.95. The Hall–Kier alpha value is -0.750. The van der Waals surface area contributed by atoms with Crippen LogP contribution >= 0.6 is 11.8 Å². The van der Waals surface area contributed by atoms with E-state index in [1.165, 1.54) is 45.0 Å². The molecule has 1 fully saturated rings. The van der Waals surface area contributed by atoms with E-state index >= 15 is 0 Å². The van der Waals surface area contributed by atoms with Gasteiger partial charge >= 0.3 is 5.97 Å². The van der Waals surface area contributed by atoms with Crippen molar-refractivity contribution >= 4 is 24.1 Å². The number of carbonyl (C=O) groups is 2. The zero-order chi connectivity index (χ0) is 15.9. The van der Waals surface area contributed by atoms with Crippen molar-refractivity contribution in [3.63, 3.8) is 0 Å². The molecule has 6 heteroatoms. The molecule has 1 saturated carbocycles. The lowest BCUT2D eigenvalue weighted by atomic mass is 9.84. The van der Waals surface area contributed by atoms with E-state index in [2.05, 4.69) is 30.2 Å². The second-order valence-corrected chi connectivity index (χ2v) is 6.02. The van der Waals surface area contributed by atoms with Crippen LogP contribution in [0.3, 0.4) is 0 Å². The van der Waals surface area contributed by atoms with Crippen LogP contribution in [0.4, 0.5) is 0 Å². The minimum absolute atomic E-state index is 0.0556. The normalized spacial score (nSPS) is 15.7. The van der Waals surface area contributed by atoms with Crippen molar-refractivity contribution in [2.24, 2.45) is 5.73 Å². The highest BCUT2D eigenvalue weighted by atomic mass is 32.2. The molecule has 3 N–H and O–H groups in total. The first kappa shape index (κ1) is 21.5. The monoisotopic (exact) mass is 306 g/mol. The van der Waals surface area contributed by atoms with Gasteiger partial charge in [0.1, 0.15) is 6.54 Å². The predicted molar refractivity (Wildman–Crippen MR) is 85.8 cm³/mol. The van der Waals surface area contributed by atoms with Gasteiger partial charge in [0.2, 0.25) is 6.41 Å². The number of hydrogen-bond donors (Lipinski definition) is 2. The van der Waals surface area contributed by atoms with Crippen molar-refractivity contribution in [2.45, 2.75) is 51.5 Å². The number of methoxy groups -OCH3 is 1. The Balaban J connectivity index is 0. The Kier molecular flexibility index (Phi) is 15.8. The van der Waals surface area contributed by atoms with Crippen LogP contribution in [-0.2, 0) is 14.3 Å². The molecule has 20 heavy (non-hydrogen) atoms. The lowest BCUT2D eigenvalue weighted by molar-refractivity contribution is -0.140. The number of carbonyl (C=O) groups excluding carboxylic acids is 2.